The lowest BCUT2D eigenvalue weighted by Crippen LogP contribution is -2.43. The summed E-state index contributed by atoms with van der Waals surface area (Å²) in [6.07, 6.45) is 6.66. The Kier molecular flexibility index (Phi) is 7.60. The first-order valence-electron chi connectivity index (χ1n) is 13.1. The second kappa shape index (κ2) is 11.2. The van der Waals surface area contributed by atoms with Crippen LogP contribution in [0.1, 0.15) is 63.7 Å². The van der Waals surface area contributed by atoms with Gasteiger partial charge >= 0.3 is 0 Å². The summed E-state index contributed by atoms with van der Waals surface area (Å²) in [5.41, 5.74) is 4.31. The standard InChI is InChI=1S/C30H32N4O5/c1-19(36)27-13-23(16-33(27)2)32-29(37)11-20-6-5-7-21(10-20)18-39-28-14-26-25(12-22(28)17-35)30(38)34-9-4-3-8-24(34)15-31-26/h5-7,10,12-16,24,35H,3-4,8-9,11,17-18H2,1-2H3,(H,32,37)/t24-/m0/s1. The molecule has 0 bridgehead atoms. The third kappa shape index (κ3) is 5.78. The Morgan fingerprint density at radius 3 is 2.74 bits per heavy atom. The first-order chi connectivity index (χ1) is 18.8. The number of fused-ring (bicyclic) bond motifs is 2. The Morgan fingerprint density at radius 1 is 1.15 bits per heavy atom. The molecule has 0 radical (unpaired) electrons. The number of ketones is 1. The lowest BCUT2D eigenvalue weighted by atomic mass is 10.0. The molecule has 1 saturated heterocycles. The van der Waals surface area contributed by atoms with Crippen molar-refractivity contribution in [1.82, 2.24) is 9.47 Å². The van der Waals surface area contributed by atoms with E-state index >= 15 is 0 Å². The summed E-state index contributed by atoms with van der Waals surface area (Å²) in [6, 6.07) is 12.6. The van der Waals surface area contributed by atoms with Gasteiger partial charge in [0.25, 0.3) is 5.91 Å². The highest BCUT2D eigenvalue weighted by molar-refractivity contribution is 6.03. The number of carbonyl (C=O) groups excluding carboxylic acids is 3. The smallest absolute Gasteiger partial charge is 0.256 e. The zero-order valence-electron chi connectivity index (χ0n) is 22.1. The molecule has 1 fully saturated rings. The third-order valence-electron chi connectivity index (χ3n) is 7.18. The quantitative estimate of drug-likeness (QED) is 0.426. The Hall–Kier alpha value is -4.24. The summed E-state index contributed by atoms with van der Waals surface area (Å²) in [7, 11) is 1.76. The number of rotatable bonds is 8. The number of Topliss-reactive ketones (excluding diaryl/α,β-unsaturated/α-hetero) is 1. The molecule has 1 atom stereocenters. The van der Waals surface area contributed by atoms with Crippen molar-refractivity contribution in [2.45, 2.75) is 51.9 Å². The number of piperidine rings is 1. The molecule has 2 N–H and O–H groups in total. The van der Waals surface area contributed by atoms with Gasteiger partial charge in [0, 0.05) is 44.6 Å². The van der Waals surface area contributed by atoms with Crippen molar-refractivity contribution in [2.75, 3.05) is 11.9 Å². The highest BCUT2D eigenvalue weighted by Crippen LogP contribution is 2.34. The molecule has 3 heterocycles. The highest BCUT2D eigenvalue weighted by Gasteiger charge is 2.30. The molecular formula is C30H32N4O5. The number of aryl methyl sites for hydroxylation is 1. The van der Waals surface area contributed by atoms with E-state index in [9.17, 15) is 19.5 Å². The molecule has 0 unspecified atom stereocenters. The van der Waals surface area contributed by atoms with E-state index < -0.39 is 0 Å². The van der Waals surface area contributed by atoms with Crippen molar-refractivity contribution < 1.29 is 24.2 Å². The number of aliphatic hydroxyl groups excluding tert-OH is 1. The van der Waals surface area contributed by atoms with E-state index in [1.807, 2.05) is 35.4 Å². The second-order valence-electron chi connectivity index (χ2n) is 10.1. The van der Waals surface area contributed by atoms with E-state index in [1.165, 1.54) is 6.92 Å². The van der Waals surface area contributed by atoms with Crippen LogP contribution in [0, 0.1) is 0 Å². The number of hydrogen-bond acceptors (Lipinski definition) is 6. The van der Waals surface area contributed by atoms with Gasteiger partial charge in [0.2, 0.25) is 5.91 Å². The fraction of sp³-hybridized carbons (Fsp3) is 0.333. The fourth-order valence-corrected chi connectivity index (χ4v) is 5.20. The molecule has 3 aromatic rings. The number of aromatic nitrogens is 1. The number of anilines is 1. The van der Waals surface area contributed by atoms with Crippen LogP contribution >= 0.6 is 0 Å². The van der Waals surface area contributed by atoms with Gasteiger partial charge in [0.1, 0.15) is 12.4 Å². The molecule has 9 heteroatoms. The SMILES string of the molecule is CC(=O)c1cc(NC(=O)Cc2cccc(COc3cc4c(cc3CO)C(=O)N3CCCC[C@H]3C=N4)c2)cn1C. The van der Waals surface area contributed by atoms with Crippen LogP contribution in [0.2, 0.25) is 0 Å². The second-order valence-corrected chi connectivity index (χ2v) is 10.1. The van der Waals surface area contributed by atoms with Crippen LogP contribution in [-0.4, -0.2) is 51.0 Å². The Labute approximate surface area is 227 Å². The van der Waals surface area contributed by atoms with E-state index in [0.29, 0.717) is 40.5 Å². The van der Waals surface area contributed by atoms with Crippen molar-refractivity contribution in [1.29, 1.82) is 0 Å². The topological polar surface area (TPSA) is 113 Å². The molecule has 1 aromatic heterocycles. The zero-order valence-corrected chi connectivity index (χ0v) is 22.1. The average molecular weight is 529 g/mol. The third-order valence-corrected chi connectivity index (χ3v) is 7.18. The molecule has 202 valence electrons. The van der Waals surface area contributed by atoms with Crippen molar-refractivity contribution in [2.24, 2.45) is 12.0 Å². The predicted molar refractivity (Wildman–Crippen MR) is 148 cm³/mol. The highest BCUT2D eigenvalue weighted by atomic mass is 16.5. The van der Waals surface area contributed by atoms with Gasteiger partial charge in [-0.05, 0) is 42.5 Å². The summed E-state index contributed by atoms with van der Waals surface area (Å²) < 4.78 is 7.76. The molecular weight excluding hydrogens is 496 g/mol. The number of nitrogens with zero attached hydrogens (tertiary/aromatic N) is 3. The number of amides is 2. The van der Waals surface area contributed by atoms with E-state index in [1.54, 1.807) is 36.0 Å². The number of carbonyl (C=O) groups is 3. The summed E-state index contributed by atoms with van der Waals surface area (Å²) in [4.78, 5) is 43.9. The monoisotopic (exact) mass is 528 g/mol. The number of ether oxygens (including phenoxy) is 1. The van der Waals surface area contributed by atoms with Gasteiger partial charge in [0.15, 0.2) is 5.78 Å². The molecule has 0 spiro atoms. The molecule has 0 aliphatic carbocycles. The van der Waals surface area contributed by atoms with Crippen LogP contribution in [0.4, 0.5) is 11.4 Å². The molecule has 2 aliphatic rings. The van der Waals surface area contributed by atoms with E-state index in [4.69, 9.17) is 4.74 Å². The lowest BCUT2D eigenvalue weighted by molar-refractivity contribution is -0.115. The van der Waals surface area contributed by atoms with Crippen LogP contribution in [0.3, 0.4) is 0 Å². The van der Waals surface area contributed by atoms with Gasteiger partial charge in [0.05, 0.1) is 41.7 Å². The summed E-state index contributed by atoms with van der Waals surface area (Å²) >= 11 is 0. The minimum atomic E-state index is -0.270. The largest absolute Gasteiger partial charge is 0.488 e. The predicted octanol–water partition coefficient (Wildman–Crippen LogP) is 4.19. The first-order valence-corrected chi connectivity index (χ1v) is 13.1. The van der Waals surface area contributed by atoms with E-state index in [0.717, 1.165) is 30.4 Å². The van der Waals surface area contributed by atoms with Crippen molar-refractivity contribution >= 4 is 35.2 Å². The van der Waals surface area contributed by atoms with Crippen molar-refractivity contribution in [3.63, 3.8) is 0 Å². The average Bonchev–Trinajstić information content (AvgIpc) is 3.23. The Bertz CT molecular complexity index is 1460. The van der Waals surface area contributed by atoms with Crippen molar-refractivity contribution in [3.8, 4) is 5.75 Å². The minimum absolute atomic E-state index is 0.00128. The summed E-state index contributed by atoms with van der Waals surface area (Å²) in [6.45, 7) is 2.14. The number of aliphatic hydroxyl groups is 1. The maximum absolute atomic E-state index is 13.2. The molecule has 2 aliphatic heterocycles. The van der Waals surface area contributed by atoms with Gasteiger partial charge in [-0.2, -0.15) is 0 Å². The first kappa shape index (κ1) is 26.4. The van der Waals surface area contributed by atoms with Crippen LogP contribution < -0.4 is 10.1 Å². The molecule has 39 heavy (non-hydrogen) atoms. The molecule has 2 aromatic carbocycles. The van der Waals surface area contributed by atoms with Gasteiger partial charge in [-0.15, -0.1) is 0 Å². The number of benzene rings is 2. The van der Waals surface area contributed by atoms with Gasteiger partial charge in [-0.25, -0.2) is 0 Å². The van der Waals surface area contributed by atoms with Crippen LogP contribution in [0.15, 0.2) is 53.7 Å². The number of aliphatic imine (C=N–C) groups is 1. The molecule has 2 amide bonds. The van der Waals surface area contributed by atoms with E-state index in [-0.39, 0.29) is 43.3 Å². The maximum atomic E-state index is 13.2. The van der Waals surface area contributed by atoms with Crippen LogP contribution in [0.5, 0.6) is 5.75 Å². The van der Waals surface area contributed by atoms with Gasteiger partial charge in [-0.1, -0.05) is 24.3 Å². The normalized spacial score (nSPS) is 16.3. The molecule has 5 rings (SSSR count). The molecule has 0 saturated carbocycles. The minimum Gasteiger partial charge on any atom is -0.488 e. The van der Waals surface area contributed by atoms with Crippen molar-refractivity contribution in [3.05, 3.63) is 76.6 Å². The number of hydrogen-bond donors (Lipinski definition) is 2. The Morgan fingerprint density at radius 2 is 1.97 bits per heavy atom. The van der Waals surface area contributed by atoms with Crippen LogP contribution in [0.25, 0.3) is 0 Å². The summed E-state index contributed by atoms with van der Waals surface area (Å²) in [5.74, 6) is 0.140. The fourth-order valence-electron chi connectivity index (χ4n) is 5.20. The van der Waals surface area contributed by atoms with E-state index in [2.05, 4.69) is 10.3 Å². The lowest BCUT2D eigenvalue weighted by Gasteiger charge is -2.32. The summed E-state index contributed by atoms with van der Waals surface area (Å²) in [5, 5.41) is 12.9. The molecule has 9 nitrogen and oxygen atoms in total. The number of nitrogens with one attached hydrogen (secondary N) is 1. The van der Waals surface area contributed by atoms with Crippen LogP contribution in [-0.2, 0) is 31.5 Å². The zero-order chi connectivity index (χ0) is 27.5. The maximum Gasteiger partial charge on any atom is 0.256 e. The van der Waals surface area contributed by atoms with Gasteiger partial charge < -0.3 is 24.6 Å². The Balaban J connectivity index is 1.27. The van der Waals surface area contributed by atoms with Gasteiger partial charge in [-0.3, -0.25) is 19.4 Å².